The lowest BCUT2D eigenvalue weighted by atomic mass is 10.0. The van der Waals surface area contributed by atoms with Crippen molar-refractivity contribution in [3.63, 3.8) is 0 Å². The van der Waals surface area contributed by atoms with Gasteiger partial charge in [-0.3, -0.25) is 4.79 Å². The number of benzene rings is 2. The van der Waals surface area contributed by atoms with Gasteiger partial charge in [-0.2, -0.15) is 0 Å². The summed E-state index contributed by atoms with van der Waals surface area (Å²) in [5.74, 6) is -0.0973. The van der Waals surface area contributed by atoms with E-state index in [1.807, 2.05) is 43.3 Å². The van der Waals surface area contributed by atoms with Gasteiger partial charge in [0.15, 0.2) is 0 Å². The predicted octanol–water partition coefficient (Wildman–Crippen LogP) is 4.06. The topological polar surface area (TPSA) is 55.1 Å². The van der Waals surface area contributed by atoms with Crippen LogP contribution >= 0.6 is 23.2 Å². The molecule has 0 radical (unpaired) electrons. The Morgan fingerprint density at radius 1 is 1.09 bits per heavy atom. The monoisotopic (exact) mass is 350 g/mol. The molecule has 1 amide bonds. The van der Waals surface area contributed by atoms with Crippen LogP contribution < -0.4 is 11.1 Å². The molecule has 0 spiro atoms. The van der Waals surface area contributed by atoms with E-state index in [1.165, 1.54) is 0 Å². The zero-order valence-corrected chi connectivity index (χ0v) is 14.5. The van der Waals surface area contributed by atoms with Crippen LogP contribution in [-0.2, 0) is 11.2 Å². The molecule has 23 heavy (non-hydrogen) atoms. The van der Waals surface area contributed by atoms with Crippen LogP contribution in [0.5, 0.6) is 0 Å². The second-order valence-corrected chi connectivity index (χ2v) is 6.20. The fourth-order valence-corrected chi connectivity index (χ4v) is 2.48. The minimum atomic E-state index is -0.424. The highest BCUT2D eigenvalue weighted by Gasteiger charge is 2.09. The SMILES string of the molecule is CC[C@H](N)C(=O)NCCc1ccc(-c2ccc(Cl)c(Cl)c2)cc1. The zero-order valence-electron chi connectivity index (χ0n) is 13.0. The first-order valence-electron chi connectivity index (χ1n) is 7.59. The van der Waals surface area contributed by atoms with Crippen LogP contribution in [0, 0.1) is 0 Å². The predicted molar refractivity (Wildman–Crippen MR) is 96.9 cm³/mol. The molecule has 2 rings (SSSR count). The first-order valence-corrected chi connectivity index (χ1v) is 8.34. The largest absolute Gasteiger partial charge is 0.354 e. The van der Waals surface area contributed by atoms with Crippen molar-refractivity contribution >= 4 is 29.1 Å². The van der Waals surface area contributed by atoms with Crippen LogP contribution in [0.15, 0.2) is 42.5 Å². The molecule has 0 heterocycles. The molecule has 1 atom stereocenters. The minimum Gasteiger partial charge on any atom is -0.354 e. The summed E-state index contributed by atoms with van der Waals surface area (Å²) < 4.78 is 0. The van der Waals surface area contributed by atoms with Crippen LogP contribution in [0.25, 0.3) is 11.1 Å². The smallest absolute Gasteiger partial charge is 0.236 e. The summed E-state index contributed by atoms with van der Waals surface area (Å²) in [6, 6.07) is 13.3. The molecular formula is C18H20Cl2N2O. The Labute approximate surface area is 146 Å². The molecule has 0 aliphatic heterocycles. The summed E-state index contributed by atoms with van der Waals surface area (Å²) in [6.07, 6.45) is 1.41. The number of carbonyl (C=O) groups excluding carboxylic acids is 1. The van der Waals surface area contributed by atoms with Gasteiger partial charge in [-0.25, -0.2) is 0 Å². The Morgan fingerprint density at radius 2 is 1.74 bits per heavy atom. The molecule has 3 N–H and O–H groups in total. The normalized spacial score (nSPS) is 12.0. The van der Waals surface area contributed by atoms with Crippen LogP contribution in [0.2, 0.25) is 10.0 Å². The lowest BCUT2D eigenvalue weighted by molar-refractivity contribution is -0.122. The molecule has 0 aromatic heterocycles. The van der Waals surface area contributed by atoms with Gasteiger partial charge < -0.3 is 11.1 Å². The molecule has 0 fully saturated rings. The molecule has 0 aliphatic rings. The molecule has 2 aromatic rings. The van der Waals surface area contributed by atoms with E-state index < -0.39 is 6.04 Å². The summed E-state index contributed by atoms with van der Waals surface area (Å²) in [6.45, 7) is 2.48. The van der Waals surface area contributed by atoms with Gasteiger partial charge >= 0.3 is 0 Å². The Hall–Kier alpha value is -1.55. The zero-order chi connectivity index (χ0) is 16.8. The number of rotatable bonds is 6. The quantitative estimate of drug-likeness (QED) is 0.825. The lowest BCUT2D eigenvalue weighted by Crippen LogP contribution is -2.40. The van der Waals surface area contributed by atoms with Gasteiger partial charge in [0.25, 0.3) is 0 Å². The van der Waals surface area contributed by atoms with Gasteiger partial charge in [-0.05, 0) is 41.7 Å². The van der Waals surface area contributed by atoms with Gasteiger partial charge in [0.05, 0.1) is 16.1 Å². The molecule has 0 bridgehead atoms. The van der Waals surface area contributed by atoms with Crippen molar-refractivity contribution in [3.05, 3.63) is 58.1 Å². The Bertz CT molecular complexity index is 671. The number of carbonyl (C=O) groups is 1. The second kappa shape index (κ2) is 8.34. The minimum absolute atomic E-state index is 0.0973. The third-order valence-corrected chi connectivity index (χ3v) is 4.44. The maximum Gasteiger partial charge on any atom is 0.236 e. The molecule has 2 aromatic carbocycles. The number of hydrogen-bond acceptors (Lipinski definition) is 2. The van der Waals surface area contributed by atoms with Crippen molar-refractivity contribution in [1.82, 2.24) is 5.32 Å². The van der Waals surface area contributed by atoms with Crippen molar-refractivity contribution in [3.8, 4) is 11.1 Å². The third-order valence-electron chi connectivity index (χ3n) is 3.70. The number of halogens is 2. The first kappa shape index (κ1) is 17.8. The Kier molecular flexibility index (Phi) is 6.46. The van der Waals surface area contributed by atoms with Gasteiger partial charge in [0.2, 0.25) is 5.91 Å². The van der Waals surface area contributed by atoms with E-state index in [0.29, 0.717) is 23.0 Å². The van der Waals surface area contributed by atoms with Crippen molar-refractivity contribution in [1.29, 1.82) is 0 Å². The molecular weight excluding hydrogens is 331 g/mol. The average Bonchev–Trinajstić information content (AvgIpc) is 2.57. The molecule has 122 valence electrons. The number of hydrogen-bond donors (Lipinski definition) is 2. The van der Waals surface area contributed by atoms with E-state index in [2.05, 4.69) is 5.32 Å². The van der Waals surface area contributed by atoms with Crippen molar-refractivity contribution in [2.75, 3.05) is 6.54 Å². The van der Waals surface area contributed by atoms with Crippen LogP contribution in [0.4, 0.5) is 0 Å². The summed E-state index contributed by atoms with van der Waals surface area (Å²) in [7, 11) is 0. The maximum atomic E-state index is 11.6. The Balaban J connectivity index is 1.94. The van der Waals surface area contributed by atoms with Gasteiger partial charge in [-0.15, -0.1) is 0 Å². The number of nitrogens with one attached hydrogen (secondary N) is 1. The molecule has 0 aliphatic carbocycles. The molecule has 0 saturated heterocycles. The van der Waals surface area contributed by atoms with Gasteiger partial charge in [0, 0.05) is 6.54 Å². The highest BCUT2D eigenvalue weighted by Crippen LogP contribution is 2.28. The first-order chi connectivity index (χ1) is 11.0. The average molecular weight is 351 g/mol. The summed E-state index contributed by atoms with van der Waals surface area (Å²) >= 11 is 12.0. The molecule has 5 heteroatoms. The summed E-state index contributed by atoms with van der Waals surface area (Å²) in [5.41, 5.74) is 8.92. The van der Waals surface area contributed by atoms with E-state index in [4.69, 9.17) is 28.9 Å². The molecule has 0 saturated carbocycles. The lowest BCUT2D eigenvalue weighted by Gasteiger charge is -2.10. The molecule has 3 nitrogen and oxygen atoms in total. The van der Waals surface area contributed by atoms with E-state index >= 15 is 0 Å². The van der Waals surface area contributed by atoms with E-state index in [1.54, 1.807) is 6.07 Å². The fourth-order valence-electron chi connectivity index (χ4n) is 2.19. The van der Waals surface area contributed by atoms with E-state index in [0.717, 1.165) is 23.1 Å². The third kappa shape index (κ3) is 4.96. The van der Waals surface area contributed by atoms with E-state index in [-0.39, 0.29) is 5.91 Å². The number of nitrogens with two attached hydrogens (primary N) is 1. The van der Waals surface area contributed by atoms with Crippen molar-refractivity contribution in [2.24, 2.45) is 5.73 Å². The summed E-state index contributed by atoms with van der Waals surface area (Å²) in [5, 5.41) is 3.94. The van der Waals surface area contributed by atoms with Crippen LogP contribution in [0.3, 0.4) is 0 Å². The van der Waals surface area contributed by atoms with E-state index in [9.17, 15) is 4.79 Å². The maximum absolute atomic E-state index is 11.6. The van der Waals surface area contributed by atoms with Crippen molar-refractivity contribution in [2.45, 2.75) is 25.8 Å². The van der Waals surface area contributed by atoms with Crippen LogP contribution in [-0.4, -0.2) is 18.5 Å². The van der Waals surface area contributed by atoms with Gasteiger partial charge in [0.1, 0.15) is 0 Å². The second-order valence-electron chi connectivity index (χ2n) is 5.38. The number of amides is 1. The Morgan fingerprint density at radius 3 is 2.35 bits per heavy atom. The van der Waals surface area contributed by atoms with Crippen LogP contribution in [0.1, 0.15) is 18.9 Å². The van der Waals surface area contributed by atoms with Crippen molar-refractivity contribution < 1.29 is 4.79 Å². The summed E-state index contributed by atoms with van der Waals surface area (Å²) in [4.78, 5) is 11.6. The fraction of sp³-hybridized carbons (Fsp3) is 0.278. The highest BCUT2D eigenvalue weighted by atomic mass is 35.5. The van der Waals surface area contributed by atoms with Gasteiger partial charge in [-0.1, -0.05) is 60.5 Å². The standard InChI is InChI=1S/C18H20Cl2N2O/c1-2-17(21)18(23)22-10-9-12-3-5-13(6-4-12)14-7-8-15(19)16(20)11-14/h3-8,11,17H,2,9-10,21H2,1H3,(H,22,23)/t17-/m0/s1. The highest BCUT2D eigenvalue weighted by molar-refractivity contribution is 6.42. The molecule has 0 unspecified atom stereocenters.